The van der Waals surface area contributed by atoms with Gasteiger partial charge in [-0.1, -0.05) is 0 Å². The lowest BCUT2D eigenvalue weighted by atomic mass is 10.1. The van der Waals surface area contributed by atoms with Gasteiger partial charge in [0.25, 0.3) is 0 Å². The molecule has 0 aromatic heterocycles. The van der Waals surface area contributed by atoms with Gasteiger partial charge in [0.1, 0.15) is 0 Å². The average Bonchev–Trinajstić information content (AvgIpc) is 2.91. The predicted molar refractivity (Wildman–Crippen MR) is 97.4 cm³/mol. The topological polar surface area (TPSA) is 84.9 Å². The highest BCUT2D eigenvalue weighted by molar-refractivity contribution is 7.91. The molecule has 2 aliphatic heterocycles. The number of nitrogens with one attached hydrogen (secondary N) is 1. The van der Waals surface area contributed by atoms with E-state index in [-0.39, 0.29) is 29.0 Å². The van der Waals surface area contributed by atoms with Gasteiger partial charge in [-0.3, -0.25) is 4.79 Å². The molecule has 0 atom stereocenters. The van der Waals surface area contributed by atoms with Crippen LogP contribution in [0.1, 0.15) is 25.7 Å². The second-order valence-electron chi connectivity index (χ2n) is 6.71. The minimum atomic E-state index is -3.56. The fraction of sp³-hybridized carbons (Fsp3) is 0.611. The van der Waals surface area contributed by atoms with Crippen LogP contribution in [-0.4, -0.2) is 64.4 Å². The third kappa shape index (κ3) is 4.48. The van der Waals surface area contributed by atoms with E-state index in [9.17, 15) is 13.2 Å². The molecule has 1 aromatic rings. The Morgan fingerprint density at radius 1 is 1.19 bits per heavy atom. The van der Waals surface area contributed by atoms with Crippen LogP contribution in [0.3, 0.4) is 0 Å². The van der Waals surface area contributed by atoms with Crippen LogP contribution in [-0.2, 0) is 14.6 Å². The van der Waals surface area contributed by atoms with Crippen molar-refractivity contribution in [3.63, 3.8) is 0 Å². The third-order valence-electron chi connectivity index (χ3n) is 4.91. The molecule has 0 aliphatic carbocycles. The van der Waals surface area contributed by atoms with Crippen molar-refractivity contribution >= 4 is 15.7 Å². The smallest absolute Gasteiger partial charge is 0.223 e. The first-order valence-electron chi connectivity index (χ1n) is 9.06. The summed E-state index contributed by atoms with van der Waals surface area (Å²) in [6, 6.07) is 4.82. The third-order valence-corrected chi connectivity index (χ3v) is 6.63. The highest BCUT2D eigenvalue weighted by Crippen LogP contribution is 2.32. The van der Waals surface area contributed by atoms with Crippen LogP contribution in [0.15, 0.2) is 23.1 Å². The van der Waals surface area contributed by atoms with E-state index in [2.05, 4.69) is 5.32 Å². The van der Waals surface area contributed by atoms with Crippen molar-refractivity contribution in [1.29, 1.82) is 0 Å². The number of fused-ring (bicyclic) bond motifs is 1. The number of carbonyl (C=O) groups is 1. The van der Waals surface area contributed by atoms with E-state index in [0.29, 0.717) is 24.7 Å². The molecule has 1 aromatic carbocycles. The standard InChI is InChI=1S/C18H26N2O5S/c1-20(14-5-8-19-9-6-14)18(21)7-12-26(22,23)15-3-4-16-17(13-15)25-11-2-10-24-16/h3-4,13-14,19H,2,5-12H2,1H3. The second-order valence-corrected chi connectivity index (χ2v) is 8.82. The quantitative estimate of drug-likeness (QED) is 0.824. The summed E-state index contributed by atoms with van der Waals surface area (Å²) in [5.74, 6) is 0.667. The molecule has 1 fully saturated rings. The fourth-order valence-corrected chi connectivity index (χ4v) is 4.49. The maximum atomic E-state index is 12.6. The van der Waals surface area contributed by atoms with Gasteiger partial charge in [0, 0.05) is 32.0 Å². The van der Waals surface area contributed by atoms with Crippen LogP contribution in [0.4, 0.5) is 0 Å². The Morgan fingerprint density at radius 3 is 2.62 bits per heavy atom. The molecule has 1 N–H and O–H groups in total. The Hall–Kier alpha value is -1.80. The molecule has 144 valence electrons. The average molecular weight is 382 g/mol. The number of sulfone groups is 1. The number of piperidine rings is 1. The Morgan fingerprint density at radius 2 is 1.88 bits per heavy atom. The van der Waals surface area contributed by atoms with Crippen LogP contribution in [0.25, 0.3) is 0 Å². The number of benzene rings is 1. The van der Waals surface area contributed by atoms with Crippen molar-refractivity contribution in [2.75, 3.05) is 39.1 Å². The van der Waals surface area contributed by atoms with Crippen LogP contribution < -0.4 is 14.8 Å². The van der Waals surface area contributed by atoms with E-state index in [0.717, 1.165) is 32.4 Å². The molecule has 1 amide bonds. The number of carbonyl (C=O) groups excluding carboxylic acids is 1. The van der Waals surface area contributed by atoms with E-state index in [1.54, 1.807) is 18.0 Å². The zero-order valence-electron chi connectivity index (χ0n) is 15.1. The van der Waals surface area contributed by atoms with Crippen LogP contribution >= 0.6 is 0 Å². The van der Waals surface area contributed by atoms with E-state index >= 15 is 0 Å². The maximum absolute atomic E-state index is 12.6. The zero-order valence-corrected chi connectivity index (χ0v) is 15.9. The van der Waals surface area contributed by atoms with E-state index in [4.69, 9.17) is 9.47 Å². The highest BCUT2D eigenvalue weighted by atomic mass is 32.2. The van der Waals surface area contributed by atoms with Crippen molar-refractivity contribution in [1.82, 2.24) is 10.2 Å². The highest BCUT2D eigenvalue weighted by Gasteiger charge is 2.25. The van der Waals surface area contributed by atoms with Gasteiger partial charge in [0.15, 0.2) is 21.3 Å². The van der Waals surface area contributed by atoms with Crippen molar-refractivity contribution in [2.45, 2.75) is 36.6 Å². The monoisotopic (exact) mass is 382 g/mol. The molecule has 0 saturated carbocycles. The molecule has 2 aliphatic rings. The first-order chi connectivity index (χ1) is 12.5. The number of amides is 1. The van der Waals surface area contributed by atoms with Gasteiger partial charge in [-0.2, -0.15) is 0 Å². The summed E-state index contributed by atoms with van der Waals surface area (Å²) in [6.45, 7) is 2.82. The molecular weight excluding hydrogens is 356 g/mol. The van der Waals surface area contributed by atoms with Crippen molar-refractivity contribution in [3.8, 4) is 11.5 Å². The minimum Gasteiger partial charge on any atom is -0.490 e. The van der Waals surface area contributed by atoms with Gasteiger partial charge < -0.3 is 19.7 Å². The van der Waals surface area contributed by atoms with Gasteiger partial charge in [0.05, 0.1) is 23.9 Å². The summed E-state index contributed by atoms with van der Waals surface area (Å²) in [5.41, 5.74) is 0. The maximum Gasteiger partial charge on any atom is 0.223 e. The molecule has 0 bridgehead atoms. The lowest BCUT2D eigenvalue weighted by molar-refractivity contribution is -0.132. The summed E-state index contributed by atoms with van der Waals surface area (Å²) in [6.07, 6.45) is 2.54. The summed E-state index contributed by atoms with van der Waals surface area (Å²) in [4.78, 5) is 14.3. The number of hydrogen-bond acceptors (Lipinski definition) is 6. The molecule has 26 heavy (non-hydrogen) atoms. The summed E-state index contributed by atoms with van der Waals surface area (Å²) in [7, 11) is -1.80. The van der Waals surface area contributed by atoms with Crippen molar-refractivity contribution in [2.24, 2.45) is 0 Å². The van der Waals surface area contributed by atoms with Crippen LogP contribution in [0.5, 0.6) is 11.5 Å². The number of rotatable bonds is 5. The summed E-state index contributed by atoms with van der Waals surface area (Å²) >= 11 is 0. The molecule has 0 unspecified atom stereocenters. The first kappa shape index (κ1) is 19.0. The number of ether oxygens (including phenoxy) is 2. The first-order valence-corrected chi connectivity index (χ1v) is 10.7. The van der Waals surface area contributed by atoms with Crippen LogP contribution in [0, 0.1) is 0 Å². The fourth-order valence-electron chi connectivity index (χ4n) is 3.25. The Bertz CT molecular complexity index is 744. The second kappa shape index (κ2) is 8.26. The van der Waals surface area contributed by atoms with Crippen LogP contribution in [0.2, 0.25) is 0 Å². The number of hydrogen-bond donors (Lipinski definition) is 1. The largest absolute Gasteiger partial charge is 0.490 e. The SMILES string of the molecule is CN(C(=O)CCS(=O)(=O)c1ccc2c(c1)OCCCO2)C1CCNCC1. The van der Waals surface area contributed by atoms with Gasteiger partial charge in [-0.15, -0.1) is 0 Å². The Balaban J connectivity index is 1.63. The van der Waals surface area contributed by atoms with Crippen molar-refractivity contribution < 1.29 is 22.7 Å². The molecular formula is C18H26N2O5S. The molecule has 2 heterocycles. The lowest BCUT2D eigenvalue weighted by Crippen LogP contribution is -2.44. The number of nitrogens with zero attached hydrogens (tertiary/aromatic N) is 1. The Kier molecular flexibility index (Phi) is 6.03. The van der Waals surface area contributed by atoms with E-state index in [1.807, 2.05) is 0 Å². The van der Waals surface area contributed by atoms with Gasteiger partial charge >= 0.3 is 0 Å². The van der Waals surface area contributed by atoms with Gasteiger partial charge in [-0.25, -0.2) is 8.42 Å². The van der Waals surface area contributed by atoms with E-state index in [1.165, 1.54) is 12.1 Å². The predicted octanol–water partition coefficient (Wildman–Crippen LogP) is 1.22. The molecule has 3 rings (SSSR count). The Labute approximate surface area is 154 Å². The molecule has 1 saturated heterocycles. The minimum absolute atomic E-state index is 0.0167. The summed E-state index contributed by atoms with van der Waals surface area (Å²) < 4.78 is 36.3. The normalized spacial score (nSPS) is 18.2. The molecule has 0 spiro atoms. The zero-order chi connectivity index (χ0) is 18.6. The van der Waals surface area contributed by atoms with Crippen molar-refractivity contribution in [3.05, 3.63) is 18.2 Å². The molecule has 0 radical (unpaired) electrons. The summed E-state index contributed by atoms with van der Waals surface area (Å²) in [5, 5.41) is 3.26. The molecule has 8 heteroatoms. The van der Waals surface area contributed by atoms with Gasteiger partial charge in [-0.05, 0) is 38.1 Å². The molecule has 7 nitrogen and oxygen atoms in total. The lowest BCUT2D eigenvalue weighted by Gasteiger charge is -2.31. The van der Waals surface area contributed by atoms with Gasteiger partial charge in [0.2, 0.25) is 5.91 Å². The van der Waals surface area contributed by atoms with E-state index < -0.39 is 9.84 Å².